The van der Waals surface area contributed by atoms with Gasteiger partial charge in [0.15, 0.2) is 17.6 Å². The molecule has 2 heterocycles. The van der Waals surface area contributed by atoms with E-state index in [4.69, 9.17) is 38.9 Å². The van der Waals surface area contributed by atoms with Crippen molar-refractivity contribution in [2.45, 2.75) is 10.1 Å². The van der Waals surface area contributed by atoms with Gasteiger partial charge in [0.2, 0.25) is 5.95 Å². The van der Waals surface area contributed by atoms with Crippen LogP contribution in [0.4, 0.5) is 5.95 Å². The third-order valence-corrected chi connectivity index (χ3v) is 6.38. The highest BCUT2D eigenvalue weighted by atomic mass is 35.5. The largest absolute Gasteiger partial charge is 0.477 e. The summed E-state index contributed by atoms with van der Waals surface area (Å²) < 4.78 is 5.34. The highest BCUT2D eigenvalue weighted by Gasteiger charge is 2.18. The van der Waals surface area contributed by atoms with E-state index in [1.54, 1.807) is 18.2 Å². The Bertz CT molecular complexity index is 1250. The molecular weight excluding hydrogens is 497 g/mol. The molecule has 1 fully saturated rings. The summed E-state index contributed by atoms with van der Waals surface area (Å²) >= 11 is 13.8. The number of ether oxygens (including phenoxy) is 1. The number of nitrogens with one attached hydrogen (secondary N) is 1. The number of rotatable bonds is 6. The summed E-state index contributed by atoms with van der Waals surface area (Å²) in [5.74, 6) is 0.546. The Morgan fingerprint density at radius 3 is 2.59 bits per heavy atom. The number of piperazine rings is 1. The van der Waals surface area contributed by atoms with Crippen molar-refractivity contribution >= 4 is 46.8 Å². The van der Waals surface area contributed by atoms with E-state index in [1.165, 1.54) is 17.8 Å². The van der Waals surface area contributed by atoms with Crippen LogP contribution < -0.4 is 15.8 Å². The molecule has 9 nitrogen and oxygen atoms in total. The lowest BCUT2D eigenvalue weighted by molar-refractivity contribution is 0.0735. The van der Waals surface area contributed by atoms with Crippen molar-refractivity contribution in [1.29, 1.82) is 5.26 Å². The molecule has 0 aliphatic carbocycles. The molecule has 174 valence electrons. The van der Waals surface area contributed by atoms with Crippen molar-refractivity contribution in [3.8, 4) is 23.2 Å². The molecule has 4 rings (SSSR count). The number of anilines is 1. The van der Waals surface area contributed by atoms with Crippen LogP contribution in [0.1, 0.15) is 10.4 Å². The quantitative estimate of drug-likeness (QED) is 0.505. The molecule has 3 N–H and O–H groups in total. The van der Waals surface area contributed by atoms with Crippen molar-refractivity contribution in [3.05, 3.63) is 52.0 Å². The number of aromatic nitrogens is 3. The first-order chi connectivity index (χ1) is 16.4. The van der Waals surface area contributed by atoms with E-state index in [0.29, 0.717) is 34.4 Å². The molecule has 0 bridgehead atoms. The lowest BCUT2D eigenvalue weighted by Crippen LogP contribution is -2.46. The molecule has 1 saturated heterocycles. The summed E-state index contributed by atoms with van der Waals surface area (Å²) in [4.78, 5) is 28.2. The molecule has 2 aromatic carbocycles. The van der Waals surface area contributed by atoms with Gasteiger partial charge in [-0.15, -0.1) is 0 Å². The number of amides is 1. The van der Waals surface area contributed by atoms with E-state index in [1.807, 2.05) is 23.1 Å². The van der Waals surface area contributed by atoms with Gasteiger partial charge in [0, 0.05) is 42.2 Å². The molecule has 0 radical (unpaired) electrons. The summed E-state index contributed by atoms with van der Waals surface area (Å²) in [5, 5.41) is 12.9. The zero-order valence-corrected chi connectivity index (χ0v) is 20.1. The van der Waals surface area contributed by atoms with Crippen LogP contribution in [0.5, 0.6) is 5.75 Å². The fourth-order valence-electron chi connectivity index (χ4n) is 3.28. The molecule has 1 amide bonds. The number of halogens is 2. The number of nitrogens with zero attached hydrogens (tertiary/aromatic N) is 5. The van der Waals surface area contributed by atoms with Gasteiger partial charge < -0.3 is 20.7 Å². The molecule has 1 aliphatic rings. The molecule has 3 aromatic rings. The van der Waals surface area contributed by atoms with Crippen LogP contribution in [0, 0.1) is 11.3 Å². The summed E-state index contributed by atoms with van der Waals surface area (Å²) in [6.45, 7) is 2.81. The van der Waals surface area contributed by atoms with Gasteiger partial charge in [-0.3, -0.25) is 4.79 Å². The Balaban J connectivity index is 1.55. The second-order valence-corrected chi connectivity index (χ2v) is 9.03. The maximum atomic E-state index is 12.7. The van der Waals surface area contributed by atoms with Crippen LogP contribution in [-0.4, -0.2) is 58.5 Å². The number of nitriles is 1. The average Bonchev–Trinajstić information content (AvgIpc) is 2.84. The SMILES string of the molecule is N#CCOc1cc(-c2nc(N)nc(Sc3ccc(C(=O)N4CCNCC4)cc3)n2)c(Cl)cc1Cl. The summed E-state index contributed by atoms with van der Waals surface area (Å²) in [6.07, 6.45) is 0. The van der Waals surface area contributed by atoms with Crippen molar-refractivity contribution < 1.29 is 9.53 Å². The van der Waals surface area contributed by atoms with E-state index in [2.05, 4.69) is 20.3 Å². The zero-order valence-electron chi connectivity index (χ0n) is 17.8. The van der Waals surface area contributed by atoms with E-state index < -0.39 is 0 Å². The van der Waals surface area contributed by atoms with Crippen LogP contribution in [0.2, 0.25) is 10.0 Å². The van der Waals surface area contributed by atoms with Crippen LogP contribution in [0.25, 0.3) is 11.4 Å². The van der Waals surface area contributed by atoms with Gasteiger partial charge in [0.05, 0.1) is 10.0 Å². The Labute approximate surface area is 210 Å². The fraction of sp³-hybridized carbons (Fsp3) is 0.227. The van der Waals surface area contributed by atoms with Crippen molar-refractivity contribution in [3.63, 3.8) is 0 Å². The standard InChI is InChI=1S/C22H19Cl2N7O2S/c23-16-12-17(24)18(33-10-5-25)11-15(16)19-28-21(26)30-22(29-19)34-14-3-1-13(2-4-14)20(32)31-8-6-27-7-9-31/h1-4,11-12,27H,6-10H2,(H2,26,28,29,30). The van der Waals surface area contributed by atoms with Crippen LogP contribution in [-0.2, 0) is 0 Å². The minimum absolute atomic E-state index is 0.0107. The lowest BCUT2D eigenvalue weighted by atomic mass is 10.2. The molecule has 12 heteroatoms. The number of carbonyl (C=O) groups excluding carboxylic acids is 1. The number of benzene rings is 2. The van der Waals surface area contributed by atoms with Gasteiger partial charge in [0.25, 0.3) is 5.91 Å². The first-order valence-corrected chi connectivity index (χ1v) is 11.8. The first-order valence-electron chi connectivity index (χ1n) is 10.2. The first kappa shape index (κ1) is 24.0. The summed E-state index contributed by atoms with van der Waals surface area (Å²) in [5.41, 5.74) is 6.98. The van der Waals surface area contributed by atoms with Crippen molar-refractivity contribution in [2.24, 2.45) is 0 Å². The maximum Gasteiger partial charge on any atom is 0.253 e. The van der Waals surface area contributed by atoms with Gasteiger partial charge in [-0.1, -0.05) is 23.2 Å². The van der Waals surface area contributed by atoms with Crippen LogP contribution in [0.3, 0.4) is 0 Å². The van der Waals surface area contributed by atoms with Gasteiger partial charge in [-0.05, 0) is 48.2 Å². The van der Waals surface area contributed by atoms with Crippen LogP contribution in [0.15, 0.2) is 46.5 Å². The Morgan fingerprint density at radius 1 is 1.15 bits per heavy atom. The number of carbonyl (C=O) groups is 1. The second-order valence-electron chi connectivity index (χ2n) is 7.18. The van der Waals surface area contributed by atoms with Gasteiger partial charge in [-0.2, -0.15) is 15.2 Å². The molecule has 0 saturated carbocycles. The minimum atomic E-state index is -0.172. The van der Waals surface area contributed by atoms with Crippen LogP contribution >= 0.6 is 35.0 Å². The maximum absolute atomic E-state index is 12.7. The molecule has 1 aliphatic heterocycles. The smallest absolute Gasteiger partial charge is 0.253 e. The van der Waals surface area contributed by atoms with Crippen molar-refractivity contribution in [2.75, 3.05) is 38.5 Å². The zero-order chi connectivity index (χ0) is 24.1. The normalized spacial score (nSPS) is 13.4. The van der Waals surface area contributed by atoms with E-state index >= 15 is 0 Å². The summed E-state index contributed by atoms with van der Waals surface area (Å²) in [7, 11) is 0. The average molecular weight is 516 g/mol. The Hall–Kier alpha value is -3.10. The molecule has 0 atom stereocenters. The second kappa shape index (κ2) is 10.9. The Kier molecular flexibility index (Phi) is 7.70. The topological polar surface area (TPSA) is 130 Å². The van der Waals surface area contributed by atoms with Gasteiger partial charge in [-0.25, -0.2) is 4.98 Å². The molecule has 1 aromatic heterocycles. The number of hydrogen-bond acceptors (Lipinski definition) is 9. The Morgan fingerprint density at radius 2 is 1.88 bits per heavy atom. The fourth-order valence-corrected chi connectivity index (χ4v) is 4.56. The number of nitrogens with two attached hydrogens (primary N) is 1. The minimum Gasteiger partial charge on any atom is -0.477 e. The van der Waals surface area contributed by atoms with Crippen molar-refractivity contribution in [1.82, 2.24) is 25.2 Å². The molecular formula is C22H19Cl2N7O2S. The molecule has 34 heavy (non-hydrogen) atoms. The van der Waals surface area contributed by atoms with E-state index in [9.17, 15) is 4.79 Å². The third kappa shape index (κ3) is 5.69. The summed E-state index contributed by atoms with van der Waals surface area (Å²) in [6, 6.07) is 12.2. The van der Waals surface area contributed by atoms with Gasteiger partial charge in [0.1, 0.15) is 11.8 Å². The monoisotopic (exact) mass is 515 g/mol. The number of hydrogen-bond donors (Lipinski definition) is 2. The van der Waals surface area contributed by atoms with E-state index in [0.717, 1.165) is 18.0 Å². The highest BCUT2D eigenvalue weighted by Crippen LogP contribution is 2.36. The molecule has 0 spiro atoms. The third-order valence-electron chi connectivity index (χ3n) is 4.90. The predicted molar refractivity (Wildman–Crippen MR) is 130 cm³/mol. The van der Waals surface area contributed by atoms with E-state index in [-0.39, 0.29) is 35.1 Å². The van der Waals surface area contributed by atoms with Gasteiger partial charge >= 0.3 is 0 Å². The lowest BCUT2D eigenvalue weighted by Gasteiger charge is -2.27. The highest BCUT2D eigenvalue weighted by molar-refractivity contribution is 7.99. The molecule has 0 unspecified atom stereocenters. The number of nitrogen functional groups attached to an aromatic ring is 1. The predicted octanol–water partition coefficient (Wildman–Crippen LogP) is 3.53.